The first kappa shape index (κ1) is 23.2. The van der Waals surface area contributed by atoms with Crippen LogP contribution in [0.1, 0.15) is 16.7 Å². The molecule has 0 atom stereocenters. The van der Waals surface area contributed by atoms with E-state index in [0.717, 1.165) is 24.0 Å². The van der Waals surface area contributed by atoms with Crippen molar-refractivity contribution in [2.24, 2.45) is 0 Å². The summed E-state index contributed by atoms with van der Waals surface area (Å²) in [6, 6.07) is 22.9. The monoisotopic (exact) mass is 680 g/mol. The molecular weight excluding hydrogens is 666 g/mol. The first-order chi connectivity index (χ1) is 15.5. The van der Waals surface area contributed by atoms with E-state index in [1.54, 1.807) is 11.0 Å². The van der Waals surface area contributed by atoms with Gasteiger partial charge in [0, 0.05) is 14.7 Å². The first-order valence-electron chi connectivity index (χ1n) is 9.41. The molecule has 0 bridgehead atoms. The first-order valence-corrected chi connectivity index (χ1v) is 12.8. The van der Waals surface area contributed by atoms with Crippen molar-refractivity contribution in [3.05, 3.63) is 95.5 Å². The van der Waals surface area contributed by atoms with E-state index in [9.17, 15) is 10.1 Å². The van der Waals surface area contributed by atoms with Crippen LogP contribution in [0.15, 0.2) is 71.6 Å². The Morgan fingerprint density at radius 2 is 1.81 bits per heavy atom. The van der Waals surface area contributed by atoms with E-state index in [4.69, 9.17) is 17.0 Å². The van der Waals surface area contributed by atoms with Gasteiger partial charge in [-0.2, -0.15) is 5.26 Å². The summed E-state index contributed by atoms with van der Waals surface area (Å²) < 4.78 is 8.61. The van der Waals surface area contributed by atoms with Crippen LogP contribution in [0.5, 0.6) is 5.75 Å². The van der Waals surface area contributed by atoms with Gasteiger partial charge in [-0.3, -0.25) is 9.69 Å². The van der Waals surface area contributed by atoms with Gasteiger partial charge >= 0.3 is 0 Å². The number of nitrogens with zero attached hydrogens (tertiary/aromatic N) is 2. The molecule has 158 valence electrons. The van der Waals surface area contributed by atoms with Gasteiger partial charge in [-0.25, -0.2) is 0 Å². The molecule has 32 heavy (non-hydrogen) atoms. The second-order valence-electron chi connectivity index (χ2n) is 6.72. The van der Waals surface area contributed by atoms with Gasteiger partial charge < -0.3 is 4.74 Å². The molecule has 0 saturated carbocycles. The topological polar surface area (TPSA) is 53.3 Å². The van der Waals surface area contributed by atoms with Crippen molar-refractivity contribution in [2.75, 3.05) is 4.90 Å². The van der Waals surface area contributed by atoms with Crippen LogP contribution in [0.25, 0.3) is 6.08 Å². The zero-order valence-corrected chi connectivity index (χ0v) is 22.4. The van der Waals surface area contributed by atoms with E-state index in [2.05, 4.69) is 51.3 Å². The van der Waals surface area contributed by atoms with Crippen molar-refractivity contribution in [3.8, 4) is 11.8 Å². The largest absolute Gasteiger partial charge is 0.487 e. The fraction of sp³-hybridized carbons (Fsp3) is 0.0417. The Hall–Kier alpha value is -1.94. The fourth-order valence-corrected chi connectivity index (χ4v) is 6.49. The highest BCUT2D eigenvalue weighted by Gasteiger charge is 2.33. The number of halogens is 2. The number of carbonyl (C=O) groups is 1. The number of hydrogen-bond donors (Lipinski definition) is 0. The number of thioether (sulfide) groups is 1. The summed E-state index contributed by atoms with van der Waals surface area (Å²) in [5.74, 6) is 0.518. The molecule has 1 fully saturated rings. The number of amides is 1. The third-order valence-electron chi connectivity index (χ3n) is 4.64. The van der Waals surface area contributed by atoms with Crippen LogP contribution < -0.4 is 9.64 Å². The van der Waals surface area contributed by atoms with Gasteiger partial charge in [-0.1, -0.05) is 60.4 Å². The van der Waals surface area contributed by atoms with E-state index in [0.29, 0.717) is 20.5 Å². The van der Waals surface area contributed by atoms with Gasteiger partial charge in [-0.15, -0.1) is 0 Å². The van der Waals surface area contributed by atoms with Crippen molar-refractivity contribution < 1.29 is 9.53 Å². The molecule has 1 heterocycles. The molecule has 0 spiro atoms. The normalized spacial score (nSPS) is 14.7. The number of benzene rings is 3. The number of hydrogen-bond acceptors (Lipinski definition) is 5. The van der Waals surface area contributed by atoms with E-state index >= 15 is 0 Å². The summed E-state index contributed by atoms with van der Waals surface area (Å²) in [6.45, 7) is 0.256. The Balaban J connectivity index is 1.67. The van der Waals surface area contributed by atoms with Crippen LogP contribution in [-0.4, -0.2) is 10.2 Å². The van der Waals surface area contributed by atoms with Gasteiger partial charge in [0.05, 0.1) is 25.8 Å². The van der Waals surface area contributed by atoms with Gasteiger partial charge in [0.2, 0.25) is 0 Å². The maximum Gasteiger partial charge on any atom is 0.270 e. The maximum absolute atomic E-state index is 13.1. The molecule has 3 aromatic rings. The van der Waals surface area contributed by atoms with Crippen molar-refractivity contribution in [1.29, 1.82) is 5.26 Å². The third-order valence-corrected chi connectivity index (χ3v) is 7.37. The molecule has 1 aliphatic rings. The van der Waals surface area contributed by atoms with Crippen LogP contribution in [0.2, 0.25) is 0 Å². The molecule has 3 aromatic carbocycles. The van der Waals surface area contributed by atoms with Crippen molar-refractivity contribution >= 4 is 91.2 Å². The fourth-order valence-electron chi connectivity index (χ4n) is 3.15. The maximum atomic E-state index is 13.1. The zero-order chi connectivity index (χ0) is 22.7. The SMILES string of the molecule is N#Cc1ccccc1COc1c(I)cc(I)cc1/C=C1/SC(=S)N(c2ccccc2)C1=O. The lowest BCUT2D eigenvalue weighted by molar-refractivity contribution is -0.113. The van der Waals surface area contributed by atoms with Crippen molar-refractivity contribution in [2.45, 2.75) is 6.61 Å². The minimum Gasteiger partial charge on any atom is -0.487 e. The van der Waals surface area contributed by atoms with Crippen LogP contribution in [0.4, 0.5) is 5.69 Å². The highest BCUT2D eigenvalue weighted by Crippen LogP contribution is 2.38. The zero-order valence-electron chi connectivity index (χ0n) is 16.4. The molecule has 0 N–H and O–H groups in total. The van der Waals surface area contributed by atoms with Gasteiger partial charge in [0.1, 0.15) is 12.4 Å². The highest BCUT2D eigenvalue weighted by atomic mass is 127. The van der Waals surface area contributed by atoms with Gasteiger partial charge in [0.25, 0.3) is 5.91 Å². The minimum atomic E-state index is -0.152. The Bertz CT molecular complexity index is 1290. The average molecular weight is 680 g/mol. The molecule has 8 heteroatoms. The second kappa shape index (κ2) is 10.3. The van der Waals surface area contributed by atoms with E-state index in [1.165, 1.54) is 11.8 Å². The van der Waals surface area contributed by atoms with Crippen LogP contribution in [-0.2, 0) is 11.4 Å². The van der Waals surface area contributed by atoms with Crippen LogP contribution >= 0.6 is 69.2 Å². The third kappa shape index (κ3) is 5.01. The Kier molecular flexibility index (Phi) is 7.50. The Labute approximate surface area is 222 Å². The number of thiocarbonyl (C=S) groups is 1. The Morgan fingerprint density at radius 3 is 2.56 bits per heavy atom. The molecule has 1 amide bonds. The van der Waals surface area contributed by atoms with Crippen molar-refractivity contribution in [3.63, 3.8) is 0 Å². The molecule has 0 radical (unpaired) electrons. The number of carbonyl (C=O) groups excluding carboxylic acids is 1. The molecule has 4 nitrogen and oxygen atoms in total. The van der Waals surface area contributed by atoms with E-state index in [-0.39, 0.29) is 12.5 Å². The van der Waals surface area contributed by atoms with E-state index < -0.39 is 0 Å². The number of anilines is 1. The van der Waals surface area contributed by atoms with E-state index in [1.807, 2.05) is 66.7 Å². The average Bonchev–Trinajstić information content (AvgIpc) is 3.06. The molecule has 4 rings (SSSR count). The molecule has 1 saturated heterocycles. The summed E-state index contributed by atoms with van der Waals surface area (Å²) in [6.07, 6.45) is 1.83. The molecular formula is C24H14I2N2O2S2. The van der Waals surface area contributed by atoms with Gasteiger partial charge in [-0.05, 0) is 81.6 Å². The van der Waals surface area contributed by atoms with Gasteiger partial charge in [0.15, 0.2) is 4.32 Å². The summed E-state index contributed by atoms with van der Waals surface area (Å²) in [4.78, 5) is 15.2. The predicted molar refractivity (Wildman–Crippen MR) is 149 cm³/mol. The molecule has 0 unspecified atom stereocenters. The lowest BCUT2D eigenvalue weighted by Gasteiger charge is -2.14. The lowest BCUT2D eigenvalue weighted by atomic mass is 10.1. The number of nitriles is 1. The van der Waals surface area contributed by atoms with Crippen molar-refractivity contribution in [1.82, 2.24) is 0 Å². The number of para-hydroxylation sites is 1. The summed E-state index contributed by atoms with van der Waals surface area (Å²) in [5, 5.41) is 9.35. The quantitative estimate of drug-likeness (QED) is 0.170. The smallest absolute Gasteiger partial charge is 0.270 e. The van der Waals surface area contributed by atoms with Crippen LogP contribution in [0.3, 0.4) is 0 Å². The standard InChI is InChI=1S/C24H14I2N2O2S2/c25-18-10-17(11-21-23(29)28(24(31)32-21)19-8-2-1-3-9-19)22(20(26)12-18)30-14-16-7-5-4-6-15(16)13-27/h1-12H,14H2/b21-11+. The Morgan fingerprint density at radius 1 is 1.09 bits per heavy atom. The van der Waals surface area contributed by atoms with Crippen LogP contribution in [0, 0.1) is 18.5 Å². The predicted octanol–water partition coefficient (Wildman–Crippen LogP) is 6.75. The minimum absolute atomic E-state index is 0.152. The molecule has 1 aliphatic heterocycles. The second-order valence-corrected chi connectivity index (χ2v) is 10.8. The number of ether oxygens (including phenoxy) is 1. The molecule has 0 aliphatic carbocycles. The number of rotatable bonds is 5. The molecule has 0 aromatic heterocycles. The highest BCUT2D eigenvalue weighted by molar-refractivity contribution is 14.1. The lowest BCUT2D eigenvalue weighted by Crippen LogP contribution is -2.27. The summed E-state index contributed by atoms with van der Waals surface area (Å²) >= 11 is 11.2. The summed E-state index contributed by atoms with van der Waals surface area (Å²) in [5.41, 5.74) is 2.94. The summed E-state index contributed by atoms with van der Waals surface area (Å²) in [7, 11) is 0.